The Labute approximate surface area is 91.5 Å². The summed E-state index contributed by atoms with van der Waals surface area (Å²) < 4.78 is 16.0. The van der Waals surface area contributed by atoms with Crippen LogP contribution in [0, 0.1) is 0 Å². The predicted octanol–water partition coefficient (Wildman–Crippen LogP) is 2.50. The van der Waals surface area contributed by atoms with Crippen molar-refractivity contribution in [1.29, 1.82) is 0 Å². The number of rotatable bonds is 9. The molecule has 0 amide bonds. The molecular formula is C10H22O3S. The van der Waals surface area contributed by atoms with Gasteiger partial charge in [-0.25, -0.2) is 0 Å². The molecule has 0 radical (unpaired) electrons. The zero-order valence-corrected chi connectivity index (χ0v) is 10.4. The molecule has 3 nitrogen and oxygen atoms in total. The van der Waals surface area contributed by atoms with Gasteiger partial charge >= 0.3 is 0 Å². The van der Waals surface area contributed by atoms with Crippen molar-refractivity contribution < 1.29 is 14.2 Å². The summed E-state index contributed by atoms with van der Waals surface area (Å²) >= 11 is 1.76. The Morgan fingerprint density at radius 2 is 1.64 bits per heavy atom. The van der Waals surface area contributed by atoms with Crippen molar-refractivity contribution in [2.24, 2.45) is 0 Å². The first-order valence-corrected chi connectivity index (χ1v) is 6.22. The maximum absolute atomic E-state index is 5.41. The Balaban J connectivity index is 3.19. The standard InChI is InChI=1S/C10H22O3S/c1-5-11-9(3)13-7-8-14-10(4)12-6-2/h9-10H,5-8H2,1-4H3. The fourth-order valence-corrected chi connectivity index (χ4v) is 1.75. The molecule has 0 rings (SSSR count). The molecule has 4 heteroatoms. The normalized spacial score (nSPS) is 15.4. The van der Waals surface area contributed by atoms with Gasteiger partial charge in [0.25, 0.3) is 0 Å². The predicted molar refractivity (Wildman–Crippen MR) is 60.6 cm³/mol. The average Bonchev–Trinajstić information content (AvgIpc) is 2.13. The van der Waals surface area contributed by atoms with Crippen molar-refractivity contribution in [1.82, 2.24) is 0 Å². The molecule has 2 unspecified atom stereocenters. The van der Waals surface area contributed by atoms with Crippen molar-refractivity contribution in [2.75, 3.05) is 25.6 Å². The molecule has 0 spiro atoms. The quantitative estimate of drug-likeness (QED) is 0.442. The third-order valence-electron chi connectivity index (χ3n) is 1.59. The highest BCUT2D eigenvalue weighted by Crippen LogP contribution is 2.11. The van der Waals surface area contributed by atoms with E-state index in [1.165, 1.54) is 0 Å². The molecule has 0 aliphatic heterocycles. The van der Waals surface area contributed by atoms with Crippen molar-refractivity contribution in [3.8, 4) is 0 Å². The molecule has 0 N–H and O–H groups in total. The smallest absolute Gasteiger partial charge is 0.154 e. The highest BCUT2D eigenvalue weighted by atomic mass is 32.2. The van der Waals surface area contributed by atoms with E-state index in [0.29, 0.717) is 13.2 Å². The minimum absolute atomic E-state index is 0.0944. The fourth-order valence-electron chi connectivity index (χ4n) is 0.994. The molecule has 0 aliphatic carbocycles. The van der Waals surface area contributed by atoms with Gasteiger partial charge in [0.1, 0.15) is 0 Å². The molecule has 14 heavy (non-hydrogen) atoms. The van der Waals surface area contributed by atoms with Gasteiger partial charge in [-0.1, -0.05) is 0 Å². The number of ether oxygens (including phenoxy) is 3. The van der Waals surface area contributed by atoms with Crippen molar-refractivity contribution in [2.45, 2.75) is 39.4 Å². The van der Waals surface area contributed by atoms with Gasteiger partial charge in [0.2, 0.25) is 0 Å². The first-order chi connectivity index (χ1) is 6.70. The lowest BCUT2D eigenvalue weighted by Gasteiger charge is -2.14. The highest BCUT2D eigenvalue weighted by Gasteiger charge is 2.03. The van der Waals surface area contributed by atoms with Gasteiger partial charge in [-0.3, -0.25) is 0 Å². The average molecular weight is 222 g/mol. The SMILES string of the molecule is CCOC(C)OCCSC(C)OCC. The minimum Gasteiger partial charge on any atom is -0.368 e. The van der Waals surface area contributed by atoms with Crippen LogP contribution in [0.3, 0.4) is 0 Å². The summed E-state index contributed by atoms with van der Waals surface area (Å²) in [6, 6.07) is 0. The molecule has 0 aromatic rings. The minimum atomic E-state index is -0.0944. The Bertz CT molecular complexity index is 108. The van der Waals surface area contributed by atoms with E-state index < -0.39 is 0 Å². The lowest BCUT2D eigenvalue weighted by Crippen LogP contribution is -2.15. The van der Waals surface area contributed by atoms with E-state index in [1.807, 2.05) is 20.8 Å². The third kappa shape index (κ3) is 8.81. The second kappa shape index (κ2) is 9.77. The second-order valence-corrected chi connectivity index (χ2v) is 4.19. The summed E-state index contributed by atoms with van der Waals surface area (Å²) in [7, 11) is 0. The summed E-state index contributed by atoms with van der Waals surface area (Å²) in [5, 5.41) is 0. The third-order valence-corrected chi connectivity index (χ3v) is 2.60. The van der Waals surface area contributed by atoms with E-state index in [9.17, 15) is 0 Å². The van der Waals surface area contributed by atoms with E-state index >= 15 is 0 Å². The van der Waals surface area contributed by atoms with Crippen LogP contribution in [0.2, 0.25) is 0 Å². The van der Waals surface area contributed by atoms with Gasteiger partial charge in [-0.15, -0.1) is 11.8 Å². The zero-order chi connectivity index (χ0) is 10.8. The molecule has 0 fully saturated rings. The first-order valence-electron chi connectivity index (χ1n) is 5.17. The topological polar surface area (TPSA) is 27.7 Å². The van der Waals surface area contributed by atoms with Crippen LogP contribution in [0.15, 0.2) is 0 Å². The molecule has 0 aromatic heterocycles. The molecule has 0 heterocycles. The van der Waals surface area contributed by atoms with Crippen molar-refractivity contribution in [3.63, 3.8) is 0 Å². The van der Waals surface area contributed by atoms with E-state index in [1.54, 1.807) is 11.8 Å². The summed E-state index contributed by atoms with van der Waals surface area (Å²) in [6.45, 7) is 10.1. The summed E-state index contributed by atoms with van der Waals surface area (Å²) in [4.78, 5) is 0. The molecule has 0 aromatic carbocycles. The number of hydrogen-bond donors (Lipinski definition) is 0. The number of thioether (sulfide) groups is 1. The molecule has 86 valence electrons. The molecule has 0 bridgehead atoms. The van der Waals surface area contributed by atoms with Crippen LogP contribution in [-0.4, -0.2) is 37.3 Å². The van der Waals surface area contributed by atoms with E-state index in [4.69, 9.17) is 14.2 Å². The van der Waals surface area contributed by atoms with Crippen molar-refractivity contribution >= 4 is 11.8 Å². The monoisotopic (exact) mass is 222 g/mol. The largest absolute Gasteiger partial charge is 0.368 e. The molecule has 0 saturated carbocycles. The zero-order valence-electron chi connectivity index (χ0n) is 9.62. The molecular weight excluding hydrogens is 200 g/mol. The van der Waals surface area contributed by atoms with Crippen molar-refractivity contribution in [3.05, 3.63) is 0 Å². The maximum Gasteiger partial charge on any atom is 0.154 e. The van der Waals surface area contributed by atoms with Crippen LogP contribution >= 0.6 is 11.8 Å². The van der Waals surface area contributed by atoms with Crippen LogP contribution in [0.5, 0.6) is 0 Å². The Kier molecular flexibility index (Phi) is 9.93. The van der Waals surface area contributed by atoms with Crippen LogP contribution in [-0.2, 0) is 14.2 Å². The van der Waals surface area contributed by atoms with Gasteiger partial charge in [0, 0.05) is 19.0 Å². The maximum atomic E-state index is 5.41. The lowest BCUT2D eigenvalue weighted by atomic mass is 10.7. The Morgan fingerprint density at radius 1 is 1.00 bits per heavy atom. The van der Waals surface area contributed by atoms with Gasteiger partial charge in [-0.05, 0) is 27.7 Å². The van der Waals surface area contributed by atoms with Gasteiger partial charge in [0.15, 0.2) is 6.29 Å². The first kappa shape index (κ1) is 14.2. The Morgan fingerprint density at radius 3 is 2.21 bits per heavy atom. The number of hydrogen-bond acceptors (Lipinski definition) is 4. The molecule has 2 atom stereocenters. The fraction of sp³-hybridized carbons (Fsp3) is 1.00. The van der Waals surface area contributed by atoms with Gasteiger partial charge in [-0.2, -0.15) is 0 Å². The summed E-state index contributed by atoms with van der Waals surface area (Å²) in [5.74, 6) is 0.943. The van der Waals surface area contributed by atoms with Gasteiger partial charge < -0.3 is 14.2 Å². The summed E-state index contributed by atoms with van der Waals surface area (Å²) in [6.07, 6.45) is -0.0944. The van der Waals surface area contributed by atoms with Crippen LogP contribution in [0.1, 0.15) is 27.7 Å². The van der Waals surface area contributed by atoms with E-state index in [0.717, 1.165) is 12.4 Å². The van der Waals surface area contributed by atoms with Crippen LogP contribution < -0.4 is 0 Å². The molecule has 0 aliphatic rings. The second-order valence-electron chi connectivity index (χ2n) is 2.79. The van der Waals surface area contributed by atoms with Crippen LogP contribution in [0.25, 0.3) is 0 Å². The van der Waals surface area contributed by atoms with E-state index in [-0.39, 0.29) is 11.7 Å². The molecule has 0 saturated heterocycles. The van der Waals surface area contributed by atoms with Crippen LogP contribution in [0.4, 0.5) is 0 Å². The van der Waals surface area contributed by atoms with E-state index in [2.05, 4.69) is 6.92 Å². The van der Waals surface area contributed by atoms with Gasteiger partial charge in [0.05, 0.1) is 12.0 Å². The Hall–Kier alpha value is 0.230. The summed E-state index contributed by atoms with van der Waals surface area (Å²) in [5.41, 5.74) is 0.256. The highest BCUT2D eigenvalue weighted by molar-refractivity contribution is 7.99. The lowest BCUT2D eigenvalue weighted by molar-refractivity contribution is -0.122.